The number of aliphatic carboxylic acids is 1. The van der Waals surface area contributed by atoms with E-state index >= 15 is 0 Å². The van der Waals surface area contributed by atoms with Gasteiger partial charge in [0.05, 0.1) is 11.8 Å². The third-order valence-electron chi connectivity index (χ3n) is 4.81. The average Bonchev–Trinajstić information content (AvgIpc) is 2.79. The molecule has 1 aromatic heterocycles. The number of aromatic nitrogens is 3. The number of rotatable bonds is 6. The zero-order valence-electron chi connectivity index (χ0n) is 13.0. The molecule has 1 fully saturated rings. The fourth-order valence-electron chi connectivity index (χ4n) is 3.28. The molecule has 0 saturated heterocycles. The van der Waals surface area contributed by atoms with Gasteiger partial charge in [-0.05, 0) is 32.1 Å². The highest BCUT2D eigenvalue weighted by atomic mass is 16.4. The van der Waals surface area contributed by atoms with Gasteiger partial charge >= 0.3 is 11.7 Å². The number of hydrogen-bond donors (Lipinski definition) is 2. The number of nitrogens with one attached hydrogen (secondary N) is 1. The Balaban J connectivity index is 1.45. The Morgan fingerprint density at radius 2 is 2.04 bits per heavy atom. The van der Waals surface area contributed by atoms with Gasteiger partial charge in [0.1, 0.15) is 5.82 Å². The van der Waals surface area contributed by atoms with Crippen molar-refractivity contribution in [1.29, 1.82) is 0 Å². The van der Waals surface area contributed by atoms with Gasteiger partial charge in [0.2, 0.25) is 5.91 Å². The summed E-state index contributed by atoms with van der Waals surface area (Å²) in [7, 11) is 0. The van der Waals surface area contributed by atoms with Crippen molar-refractivity contribution in [1.82, 2.24) is 19.7 Å². The summed E-state index contributed by atoms with van der Waals surface area (Å²) in [5.74, 6) is -1.19. The number of carbonyl (C=O) groups is 2. The Bertz CT molecular complexity index is 663. The van der Waals surface area contributed by atoms with E-state index in [-0.39, 0.29) is 11.6 Å². The molecule has 1 aliphatic carbocycles. The number of carbonyl (C=O) groups excluding carboxylic acids is 1. The number of aryl methyl sites for hydroxylation is 2. The first-order valence-electron chi connectivity index (χ1n) is 8.25. The number of nitrogens with zero attached hydrogens (tertiary/aromatic N) is 3. The minimum atomic E-state index is -0.897. The number of carboxylic acid groups (broad SMARTS) is 1. The van der Waals surface area contributed by atoms with Crippen LogP contribution in [0.4, 0.5) is 0 Å². The number of amides is 1. The predicted octanol–water partition coefficient (Wildman–Crippen LogP) is -0.00180. The first-order valence-corrected chi connectivity index (χ1v) is 8.25. The maximum atomic E-state index is 12.1. The second kappa shape index (κ2) is 6.55. The largest absolute Gasteiger partial charge is 0.481 e. The smallest absolute Gasteiger partial charge is 0.345 e. The highest BCUT2D eigenvalue weighted by Crippen LogP contribution is 2.34. The fourth-order valence-corrected chi connectivity index (χ4v) is 3.28. The normalized spacial score (nSPS) is 23.0. The van der Waals surface area contributed by atoms with Crippen LogP contribution in [0, 0.1) is 11.8 Å². The van der Waals surface area contributed by atoms with Crippen molar-refractivity contribution < 1.29 is 14.7 Å². The Labute approximate surface area is 133 Å². The SMILES string of the molecule is O=C(O)C1CCC1C(=O)NCCCn1nc2n(c1=O)CCCC2. The molecular weight excluding hydrogens is 300 g/mol. The molecule has 0 aromatic carbocycles. The minimum absolute atomic E-state index is 0.0732. The van der Waals surface area contributed by atoms with Crippen molar-refractivity contribution in [2.75, 3.05) is 6.54 Å². The molecule has 0 spiro atoms. The first-order chi connectivity index (χ1) is 11.1. The van der Waals surface area contributed by atoms with Crippen LogP contribution in [0.1, 0.15) is 37.9 Å². The third kappa shape index (κ3) is 3.16. The fraction of sp³-hybridized carbons (Fsp3) is 0.733. The summed E-state index contributed by atoms with van der Waals surface area (Å²) >= 11 is 0. The Hall–Kier alpha value is -2.12. The molecule has 23 heavy (non-hydrogen) atoms. The van der Waals surface area contributed by atoms with Gasteiger partial charge in [0.15, 0.2) is 0 Å². The highest BCUT2D eigenvalue weighted by molar-refractivity contribution is 5.86. The molecule has 1 saturated carbocycles. The first kappa shape index (κ1) is 15.8. The van der Waals surface area contributed by atoms with Crippen LogP contribution in [0.3, 0.4) is 0 Å². The Kier molecular flexibility index (Phi) is 4.49. The summed E-state index contributed by atoms with van der Waals surface area (Å²) in [6, 6.07) is 0. The number of fused-ring (bicyclic) bond motifs is 1. The van der Waals surface area contributed by atoms with Gasteiger partial charge in [-0.3, -0.25) is 14.2 Å². The summed E-state index contributed by atoms with van der Waals surface area (Å²) in [5, 5.41) is 16.1. The molecule has 0 bridgehead atoms. The molecule has 8 heteroatoms. The van der Waals surface area contributed by atoms with E-state index in [1.54, 1.807) is 4.57 Å². The van der Waals surface area contributed by atoms with E-state index < -0.39 is 17.8 Å². The second-order valence-corrected chi connectivity index (χ2v) is 6.30. The van der Waals surface area contributed by atoms with Gasteiger partial charge < -0.3 is 10.4 Å². The van der Waals surface area contributed by atoms with E-state index in [0.717, 1.165) is 31.6 Å². The van der Waals surface area contributed by atoms with Crippen LogP contribution < -0.4 is 11.0 Å². The van der Waals surface area contributed by atoms with Gasteiger partial charge in [0, 0.05) is 26.1 Å². The molecule has 3 rings (SSSR count). The summed E-state index contributed by atoms with van der Waals surface area (Å²) in [4.78, 5) is 35.0. The maximum Gasteiger partial charge on any atom is 0.345 e. The zero-order chi connectivity index (χ0) is 16.4. The van der Waals surface area contributed by atoms with Crippen LogP contribution in [-0.4, -0.2) is 37.9 Å². The zero-order valence-corrected chi connectivity index (χ0v) is 13.0. The highest BCUT2D eigenvalue weighted by Gasteiger charge is 2.41. The van der Waals surface area contributed by atoms with Crippen molar-refractivity contribution >= 4 is 11.9 Å². The average molecular weight is 322 g/mol. The van der Waals surface area contributed by atoms with E-state index in [9.17, 15) is 14.4 Å². The van der Waals surface area contributed by atoms with Crippen molar-refractivity contribution in [3.63, 3.8) is 0 Å². The summed E-state index contributed by atoms with van der Waals surface area (Å²) in [6.07, 6.45) is 4.74. The molecule has 1 aliphatic heterocycles. The predicted molar refractivity (Wildman–Crippen MR) is 80.9 cm³/mol. The van der Waals surface area contributed by atoms with Crippen molar-refractivity contribution in [3.8, 4) is 0 Å². The van der Waals surface area contributed by atoms with E-state index in [0.29, 0.717) is 32.4 Å². The van der Waals surface area contributed by atoms with Gasteiger partial charge in [-0.15, -0.1) is 0 Å². The topological polar surface area (TPSA) is 106 Å². The van der Waals surface area contributed by atoms with Crippen molar-refractivity contribution in [3.05, 3.63) is 16.3 Å². The summed E-state index contributed by atoms with van der Waals surface area (Å²) < 4.78 is 3.20. The lowest BCUT2D eigenvalue weighted by atomic mass is 9.73. The van der Waals surface area contributed by atoms with Crippen LogP contribution in [0.15, 0.2) is 4.79 Å². The Morgan fingerprint density at radius 3 is 2.70 bits per heavy atom. The number of carboxylic acids is 1. The lowest BCUT2D eigenvalue weighted by molar-refractivity contribution is -0.152. The van der Waals surface area contributed by atoms with Crippen LogP contribution >= 0.6 is 0 Å². The van der Waals surface area contributed by atoms with E-state index in [1.165, 1.54) is 4.68 Å². The molecule has 2 N–H and O–H groups in total. The quantitative estimate of drug-likeness (QED) is 0.717. The molecule has 2 atom stereocenters. The monoisotopic (exact) mass is 322 g/mol. The van der Waals surface area contributed by atoms with Crippen molar-refractivity contribution in [2.45, 2.75) is 51.6 Å². The van der Waals surface area contributed by atoms with E-state index in [2.05, 4.69) is 10.4 Å². The van der Waals surface area contributed by atoms with E-state index in [4.69, 9.17) is 5.11 Å². The van der Waals surface area contributed by atoms with Gasteiger partial charge in [-0.25, -0.2) is 9.48 Å². The molecule has 2 heterocycles. The van der Waals surface area contributed by atoms with Gasteiger partial charge in [-0.1, -0.05) is 0 Å². The minimum Gasteiger partial charge on any atom is -0.481 e. The molecule has 8 nitrogen and oxygen atoms in total. The molecule has 1 amide bonds. The molecule has 2 unspecified atom stereocenters. The lowest BCUT2D eigenvalue weighted by Gasteiger charge is -2.31. The van der Waals surface area contributed by atoms with Crippen LogP contribution in [-0.2, 0) is 29.1 Å². The van der Waals surface area contributed by atoms with Gasteiger partial charge in [-0.2, -0.15) is 5.10 Å². The molecule has 0 radical (unpaired) electrons. The van der Waals surface area contributed by atoms with Crippen LogP contribution in [0.5, 0.6) is 0 Å². The second-order valence-electron chi connectivity index (χ2n) is 6.30. The van der Waals surface area contributed by atoms with E-state index in [1.807, 2.05) is 0 Å². The molecule has 1 aromatic rings. The van der Waals surface area contributed by atoms with Crippen molar-refractivity contribution in [2.24, 2.45) is 11.8 Å². The maximum absolute atomic E-state index is 12.1. The van der Waals surface area contributed by atoms with Gasteiger partial charge in [0.25, 0.3) is 0 Å². The molecular formula is C15H22N4O4. The lowest BCUT2D eigenvalue weighted by Crippen LogP contribution is -2.44. The van der Waals surface area contributed by atoms with Crippen LogP contribution in [0.2, 0.25) is 0 Å². The summed E-state index contributed by atoms with van der Waals surface area (Å²) in [6.45, 7) is 1.63. The standard InChI is InChI=1S/C15H22N4O4/c20-13(10-5-6-11(10)14(21)22)16-7-3-9-19-15(23)18-8-2-1-4-12(18)17-19/h10-11H,1-9H2,(H,16,20)(H,21,22). The third-order valence-corrected chi connectivity index (χ3v) is 4.81. The molecule has 126 valence electrons. The summed E-state index contributed by atoms with van der Waals surface area (Å²) in [5.41, 5.74) is -0.0732. The Morgan fingerprint density at radius 1 is 1.26 bits per heavy atom. The number of hydrogen-bond acceptors (Lipinski definition) is 4. The van der Waals surface area contributed by atoms with Crippen LogP contribution in [0.25, 0.3) is 0 Å². The molecule has 2 aliphatic rings.